The second-order valence-corrected chi connectivity index (χ2v) is 10.6. The van der Waals surface area contributed by atoms with Crippen LogP contribution in [0.25, 0.3) is 0 Å². The van der Waals surface area contributed by atoms with Crippen LogP contribution in [0.1, 0.15) is 50.5 Å². The van der Waals surface area contributed by atoms with E-state index in [0.29, 0.717) is 38.6 Å². The zero-order chi connectivity index (χ0) is 33.9. The molecule has 46 heavy (non-hydrogen) atoms. The highest BCUT2D eigenvalue weighted by Gasteiger charge is 2.24. The van der Waals surface area contributed by atoms with Crippen LogP contribution in [0.2, 0.25) is 0 Å². The lowest BCUT2D eigenvalue weighted by Crippen LogP contribution is -2.52. The maximum Gasteiger partial charge on any atom is 0.386 e. The Labute approximate surface area is 267 Å². The minimum absolute atomic E-state index is 0.112. The molecule has 0 fully saturated rings. The molecule has 0 aliphatic carbocycles. The van der Waals surface area contributed by atoms with Crippen LogP contribution in [0.4, 0.5) is 0 Å². The number of nitrogens with zero attached hydrogens (tertiary/aromatic N) is 2. The monoisotopic (exact) mass is 640 g/mol. The predicted molar refractivity (Wildman–Crippen MR) is 166 cm³/mol. The van der Waals surface area contributed by atoms with Gasteiger partial charge in [-0.25, -0.2) is 4.79 Å². The van der Waals surface area contributed by atoms with Crippen molar-refractivity contribution in [2.75, 3.05) is 32.7 Å². The highest BCUT2D eigenvalue weighted by molar-refractivity contribution is 6.12. The van der Waals surface area contributed by atoms with Gasteiger partial charge in [0.25, 0.3) is 17.7 Å². The maximum absolute atomic E-state index is 12.9. The third-order valence-electron chi connectivity index (χ3n) is 6.84. The van der Waals surface area contributed by atoms with Crippen molar-refractivity contribution in [1.82, 2.24) is 26.2 Å². The molecule has 0 spiro atoms. The summed E-state index contributed by atoms with van der Waals surface area (Å²) in [6.07, 6.45) is 5.56. The van der Waals surface area contributed by atoms with Crippen molar-refractivity contribution in [2.45, 2.75) is 57.4 Å². The standard InChI is InChI=1S/C31H41N7O8/c1-37(28(43)13-6-3-9-17-38-29(44)14-15-30(38)45)21-27(42)34-20-26(41)36-23(18-22-10-4-2-5-11-22)31(46)35-19-25(40)33-16-8-7-12-24(32)39/h2,4-5,10-11,14-15,23H,1,3,6-9,12-13,16-21H2,(H5-,32,33,34,35,36,39,40,41,42,46)/p+1. The quantitative estimate of drug-likeness (QED) is 0.0457. The molecule has 1 aromatic carbocycles. The second-order valence-electron chi connectivity index (χ2n) is 10.6. The number of benzene rings is 1. The fraction of sp³-hybridized carbons (Fsp3) is 0.452. The summed E-state index contributed by atoms with van der Waals surface area (Å²) in [4.78, 5) is 97.3. The van der Waals surface area contributed by atoms with Gasteiger partial charge >= 0.3 is 5.91 Å². The van der Waals surface area contributed by atoms with Gasteiger partial charge in [0, 0.05) is 38.1 Å². The molecule has 6 N–H and O–H groups in total. The summed E-state index contributed by atoms with van der Waals surface area (Å²) in [5, 5.41) is 10.1. The molecule has 0 radical (unpaired) electrons. The highest BCUT2D eigenvalue weighted by atomic mass is 16.2. The van der Waals surface area contributed by atoms with E-state index in [2.05, 4.69) is 28.0 Å². The fourth-order valence-electron chi connectivity index (χ4n) is 4.34. The van der Waals surface area contributed by atoms with Crippen molar-refractivity contribution in [1.29, 1.82) is 0 Å². The zero-order valence-electron chi connectivity index (χ0n) is 25.8. The number of carbonyl (C=O) groups excluding carboxylic acids is 8. The molecule has 8 amide bonds. The van der Waals surface area contributed by atoms with Crippen LogP contribution in [0, 0.1) is 0 Å². The molecular weight excluding hydrogens is 598 g/mol. The average molecular weight is 641 g/mol. The van der Waals surface area contributed by atoms with Crippen LogP contribution >= 0.6 is 0 Å². The number of rotatable bonds is 21. The maximum atomic E-state index is 12.9. The van der Waals surface area contributed by atoms with E-state index in [1.54, 1.807) is 30.3 Å². The zero-order valence-corrected chi connectivity index (χ0v) is 25.8. The lowest BCUT2D eigenvalue weighted by molar-refractivity contribution is -0.430. The number of carbonyl (C=O) groups is 8. The number of primary amides is 1. The Morgan fingerprint density at radius 1 is 0.783 bits per heavy atom. The van der Waals surface area contributed by atoms with Crippen molar-refractivity contribution in [2.24, 2.45) is 5.73 Å². The summed E-state index contributed by atoms with van der Waals surface area (Å²) in [6.45, 7) is 2.99. The second kappa shape index (κ2) is 19.9. The van der Waals surface area contributed by atoms with Gasteiger partial charge in [0.15, 0.2) is 0 Å². The minimum atomic E-state index is -1.04. The normalized spacial score (nSPS) is 12.7. The molecule has 1 heterocycles. The first-order valence-electron chi connectivity index (χ1n) is 15.0. The van der Waals surface area contributed by atoms with Gasteiger partial charge in [-0.05, 0) is 31.2 Å². The van der Waals surface area contributed by atoms with Gasteiger partial charge in [-0.2, -0.15) is 4.58 Å². The topological polar surface area (TPSA) is 217 Å². The van der Waals surface area contributed by atoms with Crippen LogP contribution in [0.5, 0.6) is 0 Å². The van der Waals surface area contributed by atoms with E-state index in [-0.39, 0.29) is 56.6 Å². The van der Waals surface area contributed by atoms with Gasteiger partial charge in [0.05, 0.1) is 19.5 Å². The molecule has 0 saturated heterocycles. The molecule has 15 nitrogen and oxygen atoms in total. The largest absolute Gasteiger partial charge is 0.386 e. The molecule has 2 rings (SSSR count). The number of imide groups is 1. The van der Waals surface area contributed by atoms with Crippen LogP contribution < -0.4 is 27.0 Å². The van der Waals surface area contributed by atoms with E-state index in [0.717, 1.165) is 15.0 Å². The lowest BCUT2D eigenvalue weighted by Gasteiger charge is -2.19. The average Bonchev–Trinajstić information content (AvgIpc) is 3.34. The Morgan fingerprint density at radius 2 is 1.43 bits per heavy atom. The van der Waals surface area contributed by atoms with Crippen LogP contribution in [-0.2, 0) is 44.8 Å². The molecule has 0 bridgehead atoms. The molecule has 0 aromatic heterocycles. The summed E-state index contributed by atoms with van der Waals surface area (Å²) in [5.41, 5.74) is 5.84. The van der Waals surface area contributed by atoms with E-state index in [4.69, 9.17) is 5.73 Å². The molecule has 1 aromatic rings. The number of hydrogen-bond acceptors (Lipinski definition) is 8. The predicted octanol–water partition coefficient (Wildman–Crippen LogP) is -1.56. The van der Waals surface area contributed by atoms with Crippen LogP contribution in [0.3, 0.4) is 0 Å². The van der Waals surface area contributed by atoms with Crippen molar-refractivity contribution in [3.8, 4) is 0 Å². The van der Waals surface area contributed by atoms with Crippen molar-refractivity contribution >= 4 is 54.0 Å². The Balaban J connectivity index is 1.73. The number of nitrogens with two attached hydrogens (primary N) is 1. The summed E-state index contributed by atoms with van der Waals surface area (Å²) < 4.78 is 0.985. The lowest BCUT2D eigenvalue weighted by atomic mass is 10.1. The Morgan fingerprint density at radius 3 is 2.11 bits per heavy atom. The number of unbranched alkanes of at least 4 members (excludes halogenated alkanes) is 3. The number of nitrogens with one attached hydrogen (secondary N) is 4. The van der Waals surface area contributed by atoms with E-state index in [1.807, 2.05) is 0 Å². The molecule has 1 aliphatic rings. The summed E-state index contributed by atoms with van der Waals surface area (Å²) >= 11 is 0. The van der Waals surface area contributed by atoms with E-state index < -0.39 is 42.1 Å². The SMILES string of the molecule is C=[N+](CC(=O)NCC(=O)NC(Cc1ccccc1)C(=O)NCC(=O)NCCCCC(N)=O)C(=O)CCCCCN1C(=O)C=CC1=O. The number of hydrogen-bond donors (Lipinski definition) is 5. The first-order chi connectivity index (χ1) is 22.0. The Bertz CT molecular complexity index is 1310. The van der Waals surface area contributed by atoms with Crippen LogP contribution in [-0.4, -0.2) is 102 Å². The highest BCUT2D eigenvalue weighted by Crippen LogP contribution is 2.08. The fourth-order valence-corrected chi connectivity index (χ4v) is 4.34. The van der Waals surface area contributed by atoms with Gasteiger partial charge in [-0.3, -0.25) is 38.5 Å². The molecular formula is C31H42N7O8+. The molecule has 15 heteroatoms. The first kappa shape index (κ1) is 37.0. The summed E-state index contributed by atoms with van der Waals surface area (Å²) in [7, 11) is 0. The smallest absolute Gasteiger partial charge is 0.370 e. The van der Waals surface area contributed by atoms with E-state index >= 15 is 0 Å². The van der Waals surface area contributed by atoms with Crippen molar-refractivity contribution in [3.05, 3.63) is 48.0 Å². The third-order valence-corrected chi connectivity index (χ3v) is 6.84. The first-order valence-corrected chi connectivity index (χ1v) is 15.0. The van der Waals surface area contributed by atoms with E-state index in [1.165, 1.54) is 12.2 Å². The van der Waals surface area contributed by atoms with Gasteiger partial charge < -0.3 is 27.0 Å². The third kappa shape index (κ3) is 14.5. The van der Waals surface area contributed by atoms with Crippen LogP contribution in [0.15, 0.2) is 42.5 Å². The minimum Gasteiger partial charge on any atom is -0.370 e. The van der Waals surface area contributed by atoms with Crippen molar-refractivity contribution < 1.29 is 42.9 Å². The molecule has 0 saturated carbocycles. The van der Waals surface area contributed by atoms with Crippen molar-refractivity contribution in [3.63, 3.8) is 0 Å². The summed E-state index contributed by atoms with van der Waals surface area (Å²) in [5.74, 6) is -3.84. The molecule has 1 atom stereocenters. The molecule has 248 valence electrons. The van der Waals surface area contributed by atoms with Gasteiger partial charge in [-0.1, -0.05) is 36.8 Å². The van der Waals surface area contributed by atoms with Gasteiger partial charge in [0.2, 0.25) is 30.2 Å². The summed E-state index contributed by atoms with van der Waals surface area (Å²) in [6, 6.07) is 7.87. The van der Waals surface area contributed by atoms with E-state index in [9.17, 15) is 38.4 Å². The molecule has 1 unspecified atom stereocenters. The number of amides is 8. The van der Waals surface area contributed by atoms with Gasteiger partial charge in [0.1, 0.15) is 12.8 Å². The molecule has 1 aliphatic heterocycles. The Kier molecular flexibility index (Phi) is 16.0. The van der Waals surface area contributed by atoms with Gasteiger partial charge in [-0.15, -0.1) is 0 Å². The Hall–Kier alpha value is -5.21.